The van der Waals surface area contributed by atoms with E-state index in [0.717, 1.165) is 0 Å². The van der Waals surface area contributed by atoms with Crippen LogP contribution in [-0.2, 0) is 122 Å². The van der Waals surface area contributed by atoms with Crippen molar-refractivity contribution in [2.75, 3.05) is 0 Å². The fourth-order valence-corrected chi connectivity index (χ4v) is 0. The van der Waals surface area contributed by atoms with E-state index < -0.39 is 0 Å². The topological polar surface area (TPSA) is 122 Å². The van der Waals surface area contributed by atoms with E-state index in [0.29, 0.717) is 0 Å². The van der Waals surface area contributed by atoms with Crippen LogP contribution in [0.1, 0.15) is 0 Å². The van der Waals surface area contributed by atoms with Crippen molar-refractivity contribution < 1.29 is 122 Å². The van der Waals surface area contributed by atoms with Crippen molar-refractivity contribution in [2.45, 2.75) is 0 Å². The molecule has 10 heteroatoms. The van der Waals surface area contributed by atoms with Crippen LogP contribution < -0.4 is 0 Å². The third kappa shape index (κ3) is 95.9. The molecule has 0 aromatic rings. The van der Waals surface area contributed by atoms with Gasteiger partial charge in [-0.3, -0.25) is 0 Å². The summed E-state index contributed by atoms with van der Waals surface area (Å²) in [6.45, 7) is 0. The molecule has 0 aliphatic rings. The second-order valence-electron chi connectivity index (χ2n) is 0. The van der Waals surface area contributed by atoms with E-state index in [2.05, 4.69) is 0 Å². The van der Waals surface area contributed by atoms with Gasteiger partial charge in [-0.2, -0.15) is 0 Å². The molecule has 0 atom stereocenters. The summed E-state index contributed by atoms with van der Waals surface area (Å²) in [6.07, 6.45) is 0. The van der Waals surface area contributed by atoms with Gasteiger partial charge in [0.05, 0.1) is 0 Å². The summed E-state index contributed by atoms with van der Waals surface area (Å²) in [5.41, 5.74) is 0. The molecule has 0 rings (SSSR count). The van der Waals surface area contributed by atoms with E-state index in [-0.39, 0.29) is 146 Å². The fraction of sp³-hybridized carbons (Fsp3) is 0. The molecule has 62 valence electrons. The van der Waals surface area contributed by atoms with Crippen molar-refractivity contribution in [1.82, 2.24) is 0 Å². The molecule has 0 saturated heterocycles. The SMILES string of the molecule is [N-3].[N-3].[N-3].[N-3].[Ru+4].[Ru+4].[Ru+4].[W].[W].[W]. The first-order valence-electron chi connectivity index (χ1n) is 0. The summed E-state index contributed by atoms with van der Waals surface area (Å²) in [5.74, 6) is 0. The number of hydrogen-bond acceptors (Lipinski definition) is 0. The Morgan fingerprint density at radius 1 is 0.300 bits per heavy atom. The van der Waals surface area contributed by atoms with E-state index in [1.165, 1.54) is 0 Å². The molecular weight excluding hydrogens is 911 g/mol. The normalized spacial score (nSPS) is 0. The second-order valence-corrected chi connectivity index (χ2v) is 0. The first kappa shape index (κ1) is 158. The monoisotopic (exact) mass is 914 g/mol. The van der Waals surface area contributed by atoms with Crippen LogP contribution in [0.25, 0.3) is 24.6 Å². The minimum atomic E-state index is 0. The summed E-state index contributed by atoms with van der Waals surface area (Å²) < 4.78 is 0. The summed E-state index contributed by atoms with van der Waals surface area (Å²) >= 11 is 0. The van der Waals surface area contributed by atoms with Gasteiger partial charge in [-0.05, 0) is 0 Å². The van der Waals surface area contributed by atoms with Gasteiger partial charge in [0.15, 0.2) is 0 Å². The smallest absolute Gasteiger partial charge is 3.00 e. The second kappa shape index (κ2) is 124. The fourth-order valence-electron chi connectivity index (χ4n) is 0. The molecule has 0 aliphatic heterocycles. The molecule has 0 fully saturated rings. The Morgan fingerprint density at radius 3 is 0.300 bits per heavy atom. The maximum Gasteiger partial charge on any atom is 4.00 e. The van der Waals surface area contributed by atoms with Gasteiger partial charge in [0.2, 0.25) is 0 Å². The van der Waals surface area contributed by atoms with Crippen molar-refractivity contribution >= 4 is 0 Å². The van der Waals surface area contributed by atoms with Gasteiger partial charge in [0.1, 0.15) is 0 Å². The number of hydrogen-bond donors (Lipinski definition) is 0. The largest absolute Gasteiger partial charge is 4.00 e. The Kier molecular flexibility index (Phi) is 1960. The van der Waals surface area contributed by atoms with Gasteiger partial charge < -0.3 is 24.6 Å². The van der Waals surface area contributed by atoms with Gasteiger partial charge in [-0.1, -0.05) is 0 Å². The zero-order chi connectivity index (χ0) is 0. The predicted molar refractivity (Wildman–Crippen MR) is 13.4 cm³/mol. The van der Waals surface area contributed by atoms with Crippen LogP contribution in [0.3, 0.4) is 0 Å². The van der Waals surface area contributed by atoms with Gasteiger partial charge in [0, 0.05) is 63.2 Å². The van der Waals surface area contributed by atoms with Gasteiger partial charge in [0.25, 0.3) is 0 Å². The molecule has 0 heterocycles. The molecule has 10 heavy (non-hydrogen) atoms. The minimum absolute atomic E-state index is 0. The molecule has 0 saturated carbocycles. The average Bonchev–Trinajstić information content (AvgIpc) is 0. The molecule has 0 bridgehead atoms. The zero-order valence-corrected chi connectivity index (χ0v) is 18.1. The average molecular weight is 911 g/mol. The first-order valence-corrected chi connectivity index (χ1v) is 0. The van der Waals surface area contributed by atoms with Crippen LogP contribution in [-0.4, -0.2) is 0 Å². The Hall–Kier alpha value is 3.78. The van der Waals surface area contributed by atoms with Crippen LogP contribution in [0.2, 0.25) is 0 Å². The Balaban J connectivity index is 0. The van der Waals surface area contributed by atoms with E-state index >= 15 is 0 Å². The molecular formula is N4Ru3W3. The van der Waals surface area contributed by atoms with Gasteiger partial charge in [-0.15, -0.1) is 0 Å². The van der Waals surface area contributed by atoms with Crippen LogP contribution in [0.4, 0.5) is 0 Å². The van der Waals surface area contributed by atoms with Crippen molar-refractivity contribution in [3.05, 3.63) is 24.6 Å². The summed E-state index contributed by atoms with van der Waals surface area (Å²) in [6, 6.07) is 0. The Labute approximate surface area is 144 Å². The maximum absolute atomic E-state index is 0. The number of nitrogens with zero attached hydrogens (tertiary/aromatic N) is 4. The molecule has 0 aromatic carbocycles. The predicted octanol–water partition coefficient (Wildman–Crippen LogP) is 1.14. The molecule has 0 radical (unpaired) electrons. The van der Waals surface area contributed by atoms with E-state index in [1.54, 1.807) is 0 Å². The standard InChI is InChI=1S/4N.3Ru.3W/q4*-3;3*+4;;;. The molecule has 0 spiro atoms. The van der Waals surface area contributed by atoms with Gasteiger partial charge >= 0.3 is 58.4 Å². The molecule has 4 nitrogen and oxygen atoms in total. The Bertz CT molecular complexity index is 15.7. The van der Waals surface area contributed by atoms with Crippen LogP contribution in [0.15, 0.2) is 0 Å². The van der Waals surface area contributed by atoms with Crippen LogP contribution in [0, 0.1) is 0 Å². The summed E-state index contributed by atoms with van der Waals surface area (Å²) in [4.78, 5) is 0. The third-order valence-corrected chi connectivity index (χ3v) is 0. The Morgan fingerprint density at radius 2 is 0.300 bits per heavy atom. The van der Waals surface area contributed by atoms with Crippen LogP contribution in [0.5, 0.6) is 0 Å². The molecule has 0 N–H and O–H groups in total. The van der Waals surface area contributed by atoms with E-state index in [4.69, 9.17) is 0 Å². The minimum Gasteiger partial charge on any atom is -3.00 e. The van der Waals surface area contributed by atoms with E-state index in [1.807, 2.05) is 0 Å². The van der Waals surface area contributed by atoms with Crippen molar-refractivity contribution in [3.63, 3.8) is 0 Å². The number of rotatable bonds is 0. The van der Waals surface area contributed by atoms with Crippen molar-refractivity contribution in [3.8, 4) is 0 Å². The van der Waals surface area contributed by atoms with Crippen molar-refractivity contribution in [1.29, 1.82) is 0 Å². The van der Waals surface area contributed by atoms with Crippen molar-refractivity contribution in [2.24, 2.45) is 0 Å². The third-order valence-electron chi connectivity index (χ3n) is 0. The first-order chi connectivity index (χ1) is 0. The maximum atomic E-state index is 0. The summed E-state index contributed by atoms with van der Waals surface area (Å²) in [7, 11) is 0. The molecule has 0 amide bonds. The molecule has 0 unspecified atom stereocenters. The summed E-state index contributed by atoms with van der Waals surface area (Å²) in [5, 5.41) is 0. The molecule has 0 aliphatic carbocycles. The quantitative estimate of drug-likeness (QED) is 0.325. The van der Waals surface area contributed by atoms with Gasteiger partial charge in [-0.25, -0.2) is 0 Å². The van der Waals surface area contributed by atoms with Crippen LogP contribution >= 0.6 is 0 Å². The van der Waals surface area contributed by atoms with E-state index in [9.17, 15) is 0 Å². The molecule has 0 aromatic heterocycles. The zero-order valence-electron chi connectivity index (χ0n) is 4.07.